The molecule has 180 valence electrons. The van der Waals surface area contributed by atoms with E-state index in [2.05, 4.69) is 42.6 Å². The molecule has 2 atom stereocenters. The number of nitrogens with one attached hydrogen (secondary N) is 1. The van der Waals surface area contributed by atoms with Crippen LogP contribution in [0.25, 0.3) is 10.8 Å². The molecule has 2 N–H and O–H groups in total. The number of carbonyl (C=O) groups is 1. The summed E-state index contributed by atoms with van der Waals surface area (Å²) in [5, 5.41) is 15.4. The van der Waals surface area contributed by atoms with E-state index in [-0.39, 0.29) is 30.1 Å². The molecule has 0 saturated carbocycles. The predicted molar refractivity (Wildman–Crippen MR) is 139 cm³/mol. The third kappa shape index (κ3) is 5.09. The smallest absolute Gasteiger partial charge is 0.335 e. The standard InChI is InChI=1S/C28H25FN2O3.ClH/c1-18(24-10-6-8-19-7-2-3-9-25(19)24)30-16-23-17-31(26-11-4-5-12-27(26)34-23)22-14-20(28(32)33)13-21(29)15-22;/h2-15,18,23,30H,16-17H2,1H3,(H,32,33);1H/t18-,23?;/m1./s1. The third-order valence-electron chi connectivity index (χ3n) is 6.22. The minimum atomic E-state index is -1.16. The Morgan fingerprint density at radius 2 is 1.83 bits per heavy atom. The number of anilines is 2. The highest BCUT2D eigenvalue weighted by Crippen LogP contribution is 2.38. The summed E-state index contributed by atoms with van der Waals surface area (Å²) in [6, 6.07) is 26.1. The topological polar surface area (TPSA) is 61.8 Å². The minimum absolute atomic E-state index is 0. The van der Waals surface area contributed by atoms with E-state index in [9.17, 15) is 14.3 Å². The molecule has 1 aliphatic rings. The third-order valence-corrected chi connectivity index (χ3v) is 6.22. The number of halogens is 2. The maximum absolute atomic E-state index is 14.3. The molecule has 0 bridgehead atoms. The van der Waals surface area contributed by atoms with Gasteiger partial charge in [-0.05, 0) is 53.6 Å². The molecule has 4 aromatic carbocycles. The average molecular weight is 493 g/mol. The number of aromatic carboxylic acids is 1. The van der Waals surface area contributed by atoms with Crippen molar-refractivity contribution in [2.24, 2.45) is 0 Å². The lowest BCUT2D eigenvalue weighted by molar-refractivity contribution is 0.0696. The van der Waals surface area contributed by atoms with E-state index < -0.39 is 11.8 Å². The molecular formula is C28H26ClFN2O3. The largest absolute Gasteiger partial charge is 0.485 e. The summed E-state index contributed by atoms with van der Waals surface area (Å²) >= 11 is 0. The fourth-order valence-corrected chi connectivity index (χ4v) is 4.55. The molecule has 0 spiro atoms. The number of rotatable bonds is 6. The first-order valence-corrected chi connectivity index (χ1v) is 11.3. The van der Waals surface area contributed by atoms with Gasteiger partial charge in [-0.25, -0.2) is 9.18 Å². The second-order valence-electron chi connectivity index (χ2n) is 8.52. The summed E-state index contributed by atoms with van der Waals surface area (Å²) < 4.78 is 20.5. The number of benzene rings is 4. The molecule has 1 heterocycles. The van der Waals surface area contributed by atoms with Crippen LogP contribution in [0.15, 0.2) is 84.9 Å². The number of para-hydroxylation sites is 2. The van der Waals surface area contributed by atoms with Gasteiger partial charge in [-0.1, -0.05) is 54.6 Å². The van der Waals surface area contributed by atoms with Crippen LogP contribution in [0.3, 0.4) is 0 Å². The Kier molecular flexibility index (Phi) is 7.24. The average Bonchev–Trinajstić information content (AvgIpc) is 2.86. The van der Waals surface area contributed by atoms with E-state index in [1.54, 1.807) is 0 Å². The van der Waals surface area contributed by atoms with Crippen LogP contribution in [0, 0.1) is 5.82 Å². The second kappa shape index (κ2) is 10.3. The Morgan fingerprint density at radius 1 is 1.09 bits per heavy atom. The molecule has 0 aliphatic carbocycles. The Labute approximate surface area is 209 Å². The monoisotopic (exact) mass is 492 g/mol. The Hall–Kier alpha value is -3.61. The first kappa shape index (κ1) is 24.5. The number of fused-ring (bicyclic) bond motifs is 2. The fraction of sp³-hybridized carbons (Fsp3) is 0.179. The second-order valence-corrected chi connectivity index (χ2v) is 8.52. The zero-order chi connectivity index (χ0) is 23.7. The van der Waals surface area contributed by atoms with Crippen LogP contribution in [0.2, 0.25) is 0 Å². The van der Waals surface area contributed by atoms with Crippen molar-refractivity contribution >= 4 is 40.5 Å². The normalized spacial score (nSPS) is 15.6. The van der Waals surface area contributed by atoms with Gasteiger partial charge in [-0.2, -0.15) is 0 Å². The van der Waals surface area contributed by atoms with Gasteiger partial charge in [0.25, 0.3) is 0 Å². The first-order valence-electron chi connectivity index (χ1n) is 11.3. The van der Waals surface area contributed by atoms with Gasteiger partial charge in [0.15, 0.2) is 0 Å². The van der Waals surface area contributed by atoms with Crippen molar-refractivity contribution < 1.29 is 19.0 Å². The van der Waals surface area contributed by atoms with Crippen LogP contribution >= 0.6 is 12.4 Å². The van der Waals surface area contributed by atoms with Gasteiger partial charge in [0.05, 0.1) is 17.8 Å². The van der Waals surface area contributed by atoms with E-state index in [4.69, 9.17) is 4.74 Å². The molecule has 0 amide bonds. The van der Waals surface area contributed by atoms with Gasteiger partial charge >= 0.3 is 5.97 Å². The van der Waals surface area contributed by atoms with Crippen LogP contribution in [-0.2, 0) is 0 Å². The molecule has 0 radical (unpaired) electrons. The number of carboxylic acids is 1. The summed E-state index contributed by atoms with van der Waals surface area (Å²) in [7, 11) is 0. The Morgan fingerprint density at radius 3 is 2.66 bits per heavy atom. The molecule has 0 fully saturated rings. The van der Waals surface area contributed by atoms with Crippen molar-refractivity contribution in [1.82, 2.24) is 5.32 Å². The molecular weight excluding hydrogens is 467 g/mol. The summed E-state index contributed by atoms with van der Waals surface area (Å²) in [5.74, 6) is -1.07. The van der Waals surface area contributed by atoms with Crippen LogP contribution in [0.1, 0.15) is 28.9 Å². The zero-order valence-electron chi connectivity index (χ0n) is 19.1. The lowest BCUT2D eigenvalue weighted by atomic mass is 9.99. The Balaban J connectivity index is 0.00000289. The molecule has 4 aromatic rings. The molecule has 1 unspecified atom stereocenters. The molecule has 0 aromatic heterocycles. The molecule has 35 heavy (non-hydrogen) atoms. The van der Waals surface area contributed by atoms with Crippen LogP contribution in [-0.4, -0.2) is 30.3 Å². The molecule has 5 nitrogen and oxygen atoms in total. The van der Waals surface area contributed by atoms with E-state index in [1.165, 1.54) is 28.5 Å². The van der Waals surface area contributed by atoms with Crippen molar-refractivity contribution in [3.8, 4) is 5.75 Å². The molecule has 7 heteroatoms. The van der Waals surface area contributed by atoms with Gasteiger partial charge in [0, 0.05) is 18.3 Å². The van der Waals surface area contributed by atoms with Crippen molar-refractivity contribution in [1.29, 1.82) is 0 Å². The van der Waals surface area contributed by atoms with E-state index in [1.807, 2.05) is 41.3 Å². The van der Waals surface area contributed by atoms with E-state index in [0.717, 1.165) is 11.8 Å². The lowest BCUT2D eigenvalue weighted by Crippen LogP contribution is -2.44. The highest BCUT2D eigenvalue weighted by Gasteiger charge is 2.28. The molecule has 1 aliphatic heterocycles. The highest BCUT2D eigenvalue weighted by atomic mass is 35.5. The van der Waals surface area contributed by atoms with Gasteiger partial charge < -0.3 is 20.1 Å². The number of hydrogen-bond donors (Lipinski definition) is 2. The summed E-state index contributed by atoms with van der Waals surface area (Å²) in [6.07, 6.45) is -0.219. The summed E-state index contributed by atoms with van der Waals surface area (Å²) in [5.41, 5.74) is 2.39. The van der Waals surface area contributed by atoms with Crippen LogP contribution in [0.4, 0.5) is 15.8 Å². The quantitative estimate of drug-likeness (QED) is 0.328. The SMILES string of the molecule is C[C@@H](NCC1CN(c2cc(F)cc(C(=O)O)c2)c2ccccc2O1)c1cccc2ccccc12.Cl. The zero-order valence-corrected chi connectivity index (χ0v) is 20.0. The first-order chi connectivity index (χ1) is 16.5. The van der Waals surface area contributed by atoms with Crippen LogP contribution in [0.5, 0.6) is 5.75 Å². The van der Waals surface area contributed by atoms with Crippen molar-refractivity contribution in [3.05, 3.63) is 102 Å². The Bertz CT molecular complexity index is 1360. The fourth-order valence-electron chi connectivity index (χ4n) is 4.55. The summed E-state index contributed by atoms with van der Waals surface area (Å²) in [6.45, 7) is 3.15. The maximum Gasteiger partial charge on any atom is 0.335 e. The van der Waals surface area contributed by atoms with Gasteiger partial charge in [0.2, 0.25) is 0 Å². The lowest BCUT2D eigenvalue weighted by Gasteiger charge is -2.37. The van der Waals surface area contributed by atoms with E-state index >= 15 is 0 Å². The van der Waals surface area contributed by atoms with Gasteiger partial charge in [0.1, 0.15) is 17.7 Å². The maximum atomic E-state index is 14.3. The van der Waals surface area contributed by atoms with Gasteiger partial charge in [-0.3, -0.25) is 0 Å². The van der Waals surface area contributed by atoms with E-state index in [0.29, 0.717) is 24.5 Å². The molecule has 5 rings (SSSR count). The summed E-state index contributed by atoms with van der Waals surface area (Å²) in [4.78, 5) is 13.4. The van der Waals surface area contributed by atoms with Crippen molar-refractivity contribution in [3.63, 3.8) is 0 Å². The minimum Gasteiger partial charge on any atom is -0.485 e. The van der Waals surface area contributed by atoms with Crippen LogP contribution < -0.4 is 15.0 Å². The molecule has 0 saturated heterocycles. The number of carboxylic acid groups (broad SMARTS) is 1. The van der Waals surface area contributed by atoms with Crippen molar-refractivity contribution in [2.45, 2.75) is 19.1 Å². The van der Waals surface area contributed by atoms with Crippen molar-refractivity contribution in [2.75, 3.05) is 18.0 Å². The number of hydrogen-bond acceptors (Lipinski definition) is 4. The highest BCUT2D eigenvalue weighted by molar-refractivity contribution is 5.89. The number of nitrogens with zero attached hydrogens (tertiary/aromatic N) is 1. The van der Waals surface area contributed by atoms with Gasteiger partial charge in [-0.15, -0.1) is 12.4 Å². The number of ether oxygens (including phenoxy) is 1. The predicted octanol–water partition coefficient (Wildman–Crippen LogP) is 6.35.